The van der Waals surface area contributed by atoms with Gasteiger partial charge in [0.1, 0.15) is 12.1 Å². The van der Waals surface area contributed by atoms with E-state index in [2.05, 4.69) is 15.3 Å². The van der Waals surface area contributed by atoms with Gasteiger partial charge in [-0.05, 0) is 37.3 Å². The molecule has 104 valence electrons. The van der Waals surface area contributed by atoms with Crippen LogP contribution >= 0.6 is 0 Å². The predicted molar refractivity (Wildman–Crippen MR) is 80.9 cm³/mol. The molecule has 0 bridgehead atoms. The molecule has 0 saturated heterocycles. The Balaban J connectivity index is 1.95. The molecule has 2 aromatic rings. The second-order valence-corrected chi connectivity index (χ2v) is 5.19. The molecule has 3 rings (SSSR count). The lowest BCUT2D eigenvalue weighted by atomic mass is 10.1. The number of benzene rings is 1. The van der Waals surface area contributed by atoms with Crippen LogP contribution in [0.5, 0.6) is 0 Å². The highest BCUT2D eigenvalue weighted by molar-refractivity contribution is 5.63. The molecule has 20 heavy (non-hydrogen) atoms. The number of para-hydroxylation sites is 1. The molecule has 1 heterocycles. The van der Waals surface area contributed by atoms with Crippen LogP contribution < -0.4 is 11.1 Å². The van der Waals surface area contributed by atoms with E-state index < -0.39 is 0 Å². The van der Waals surface area contributed by atoms with Crippen LogP contribution in [-0.2, 0) is 19.4 Å². The van der Waals surface area contributed by atoms with E-state index in [0.717, 1.165) is 29.9 Å². The van der Waals surface area contributed by atoms with Crippen molar-refractivity contribution in [1.82, 2.24) is 9.97 Å². The van der Waals surface area contributed by atoms with Gasteiger partial charge in [-0.1, -0.05) is 24.6 Å². The molecular weight excluding hydrogens is 248 g/mol. The van der Waals surface area contributed by atoms with E-state index in [-0.39, 0.29) is 0 Å². The zero-order chi connectivity index (χ0) is 13.8. The highest BCUT2D eigenvalue weighted by atomic mass is 15.0. The summed E-state index contributed by atoms with van der Waals surface area (Å²) in [5.74, 6) is 0.942. The highest BCUT2D eigenvalue weighted by Crippen LogP contribution is 2.27. The molecule has 3 N–H and O–H groups in total. The smallest absolute Gasteiger partial charge is 0.137 e. The summed E-state index contributed by atoms with van der Waals surface area (Å²) in [6, 6.07) is 8.12. The fraction of sp³-hybridized carbons (Fsp3) is 0.375. The molecule has 0 spiro atoms. The third-order valence-electron chi connectivity index (χ3n) is 3.87. The fourth-order valence-corrected chi connectivity index (χ4v) is 2.75. The minimum Gasteiger partial charge on any atom is -0.340 e. The maximum absolute atomic E-state index is 5.79. The summed E-state index contributed by atoms with van der Waals surface area (Å²) >= 11 is 0. The molecular formula is C16H20N4. The molecule has 0 fully saturated rings. The summed E-state index contributed by atoms with van der Waals surface area (Å²) in [4.78, 5) is 8.89. The summed E-state index contributed by atoms with van der Waals surface area (Å²) in [7, 11) is 0. The Labute approximate surface area is 119 Å². The van der Waals surface area contributed by atoms with Gasteiger partial charge >= 0.3 is 0 Å². The van der Waals surface area contributed by atoms with Crippen molar-refractivity contribution >= 4 is 11.5 Å². The number of aromatic nitrogens is 2. The molecule has 1 aliphatic rings. The second kappa shape index (κ2) is 6.01. The minimum absolute atomic E-state index is 0.524. The number of aryl methyl sites for hydroxylation is 1. The number of nitrogens with two attached hydrogens (primary N) is 1. The van der Waals surface area contributed by atoms with Gasteiger partial charge in [-0.15, -0.1) is 0 Å². The van der Waals surface area contributed by atoms with Gasteiger partial charge in [0.2, 0.25) is 0 Å². The number of hydrogen-bond acceptors (Lipinski definition) is 4. The summed E-state index contributed by atoms with van der Waals surface area (Å²) in [6.45, 7) is 0.524. The average Bonchev–Trinajstić information content (AvgIpc) is 2.74. The minimum atomic E-state index is 0.524. The maximum atomic E-state index is 5.79. The largest absolute Gasteiger partial charge is 0.340 e. The van der Waals surface area contributed by atoms with Crippen molar-refractivity contribution in [2.75, 3.05) is 5.32 Å². The first-order valence-electron chi connectivity index (χ1n) is 7.26. The van der Waals surface area contributed by atoms with Crippen LogP contribution in [0.15, 0.2) is 30.6 Å². The molecule has 1 aromatic heterocycles. The molecule has 0 radical (unpaired) electrons. The van der Waals surface area contributed by atoms with E-state index in [4.69, 9.17) is 5.73 Å². The number of nitrogens with one attached hydrogen (secondary N) is 1. The van der Waals surface area contributed by atoms with Crippen LogP contribution in [0.1, 0.15) is 36.1 Å². The zero-order valence-corrected chi connectivity index (χ0v) is 11.6. The molecule has 0 amide bonds. The van der Waals surface area contributed by atoms with Crippen molar-refractivity contribution in [1.29, 1.82) is 0 Å². The van der Waals surface area contributed by atoms with E-state index in [9.17, 15) is 0 Å². The molecule has 0 aliphatic heterocycles. The Morgan fingerprint density at radius 2 is 1.90 bits per heavy atom. The van der Waals surface area contributed by atoms with E-state index >= 15 is 0 Å². The first-order valence-corrected chi connectivity index (χ1v) is 7.26. The monoisotopic (exact) mass is 268 g/mol. The van der Waals surface area contributed by atoms with E-state index in [1.54, 1.807) is 6.33 Å². The number of nitrogens with zero attached hydrogens (tertiary/aromatic N) is 2. The quantitative estimate of drug-likeness (QED) is 0.840. The van der Waals surface area contributed by atoms with E-state index in [1.807, 2.05) is 24.3 Å². The lowest BCUT2D eigenvalue weighted by molar-refractivity contribution is 0.709. The SMILES string of the molecule is NCc1ccccc1Nc1ncnc2c1CCCCC2. The van der Waals surface area contributed by atoms with Crippen molar-refractivity contribution < 1.29 is 0 Å². The van der Waals surface area contributed by atoms with Crippen LogP contribution in [0.2, 0.25) is 0 Å². The van der Waals surface area contributed by atoms with Crippen LogP contribution in [0.4, 0.5) is 11.5 Å². The Hall–Kier alpha value is -1.94. The van der Waals surface area contributed by atoms with Gasteiger partial charge in [0.25, 0.3) is 0 Å². The van der Waals surface area contributed by atoms with Gasteiger partial charge in [0.05, 0.1) is 0 Å². The Kier molecular flexibility index (Phi) is 3.92. The standard InChI is InChI=1S/C16H20N4/c17-10-12-6-4-5-8-14(12)20-16-13-7-2-1-3-9-15(13)18-11-19-16/h4-6,8,11H,1-3,7,9-10,17H2,(H,18,19,20). The van der Waals surface area contributed by atoms with E-state index in [1.165, 1.54) is 30.5 Å². The Morgan fingerprint density at radius 1 is 1.05 bits per heavy atom. The first kappa shape index (κ1) is 13.1. The third kappa shape index (κ3) is 2.65. The molecule has 1 aliphatic carbocycles. The van der Waals surface area contributed by atoms with Gasteiger partial charge in [-0.25, -0.2) is 9.97 Å². The highest BCUT2D eigenvalue weighted by Gasteiger charge is 2.14. The van der Waals surface area contributed by atoms with Crippen molar-refractivity contribution in [2.45, 2.75) is 38.6 Å². The normalized spacial score (nSPS) is 14.4. The molecule has 0 atom stereocenters. The third-order valence-corrected chi connectivity index (χ3v) is 3.87. The number of rotatable bonds is 3. The van der Waals surface area contributed by atoms with Crippen molar-refractivity contribution in [3.63, 3.8) is 0 Å². The molecule has 0 unspecified atom stereocenters. The topological polar surface area (TPSA) is 63.8 Å². The van der Waals surface area contributed by atoms with Crippen LogP contribution in [-0.4, -0.2) is 9.97 Å². The lowest BCUT2D eigenvalue weighted by Gasteiger charge is -2.14. The van der Waals surface area contributed by atoms with Crippen LogP contribution in [0, 0.1) is 0 Å². The van der Waals surface area contributed by atoms with Gasteiger partial charge in [-0.3, -0.25) is 0 Å². The lowest BCUT2D eigenvalue weighted by Crippen LogP contribution is -2.07. The summed E-state index contributed by atoms with van der Waals surface area (Å²) in [5.41, 5.74) is 10.4. The maximum Gasteiger partial charge on any atom is 0.137 e. The van der Waals surface area contributed by atoms with Gasteiger partial charge in [-0.2, -0.15) is 0 Å². The molecule has 4 nitrogen and oxygen atoms in total. The summed E-state index contributed by atoms with van der Waals surface area (Å²) < 4.78 is 0. The van der Waals surface area contributed by atoms with Crippen molar-refractivity contribution in [3.8, 4) is 0 Å². The molecule has 1 aromatic carbocycles. The summed E-state index contributed by atoms with van der Waals surface area (Å²) in [6.07, 6.45) is 7.50. The number of anilines is 2. The van der Waals surface area contributed by atoms with Gasteiger partial charge in [0.15, 0.2) is 0 Å². The Bertz CT molecular complexity index is 595. The zero-order valence-electron chi connectivity index (χ0n) is 11.6. The second-order valence-electron chi connectivity index (χ2n) is 5.19. The van der Waals surface area contributed by atoms with Gasteiger partial charge in [0, 0.05) is 23.5 Å². The van der Waals surface area contributed by atoms with Crippen LogP contribution in [0.3, 0.4) is 0 Å². The predicted octanol–water partition coefficient (Wildman–Crippen LogP) is 2.95. The first-order chi connectivity index (χ1) is 9.88. The van der Waals surface area contributed by atoms with Crippen molar-refractivity contribution in [2.24, 2.45) is 5.73 Å². The van der Waals surface area contributed by atoms with Crippen molar-refractivity contribution in [3.05, 3.63) is 47.4 Å². The summed E-state index contributed by atoms with van der Waals surface area (Å²) in [5, 5.41) is 3.45. The van der Waals surface area contributed by atoms with Gasteiger partial charge < -0.3 is 11.1 Å². The average molecular weight is 268 g/mol. The van der Waals surface area contributed by atoms with Crippen LogP contribution in [0.25, 0.3) is 0 Å². The Morgan fingerprint density at radius 3 is 2.80 bits per heavy atom. The number of fused-ring (bicyclic) bond motifs is 1. The number of hydrogen-bond donors (Lipinski definition) is 2. The molecule has 0 saturated carbocycles. The fourth-order valence-electron chi connectivity index (χ4n) is 2.75. The molecule has 4 heteroatoms. The van der Waals surface area contributed by atoms with E-state index in [0.29, 0.717) is 6.54 Å².